The van der Waals surface area contributed by atoms with E-state index in [0.717, 1.165) is 28.8 Å². The summed E-state index contributed by atoms with van der Waals surface area (Å²) in [5.41, 5.74) is 11.2. The van der Waals surface area contributed by atoms with E-state index >= 15 is 0 Å². The first kappa shape index (κ1) is 12.7. The van der Waals surface area contributed by atoms with Crippen LogP contribution in [0.3, 0.4) is 0 Å². The minimum Gasteiger partial charge on any atom is -0.369 e. The van der Waals surface area contributed by atoms with E-state index in [1.165, 1.54) is 5.56 Å². The topological polar surface area (TPSA) is 74.6 Å². The van der Waals surface area contributed by atoms with Crippen LogP contribution in [0.4, 0.5) is 5.95 Å². The highest BCUT2D eigenvalue weighted by Crippen LogP contribution is 2.22. The van der Waals surface area contributed by atoms with Crippen molar-refractivity contribution in [2.45, 2.75) is 26.8 Å². The molecule has 3 aromatic heterocycles. The number of nitrogens with zero attached hydrogens (tertiary/aromatic N) is 5. The van der Waals surface area contributed by atoms with Gasteiger partial charge in [0.05, 0.1) is 12.2 Å². The first-order valence-corrected chi connectivity index (χ1v) is 6.69. The number of pyridine rings is 1. The van der Waals surface area contributed by atoms with Crippen molar-refractivity contribution in [3.05, 3.63) is 35.3 Å². The zero-order chi connectivity index (χ0) is 14.3. The van der Waals surface area contributed by atoms with Crippen LogP contribution < -0.4 is 5.73 Å². The summed E-state index contributed by atoms with van der Waals surface area (Å²) in [6.07, 6.45) is 4.52. The smallest absolute Gasteiger partial charge is 0.202 e. The van der Waals surface area contributed by atoms with Crippen molar-refractivity contribution in [2.24, 2.45) is 7.05 Å². The number of nitrogen functional groups attached to an aromatic ring is 1. The number of aromatic nitrogens is 5. The van der Waals surface area contributed by atoms with Crippen molar-refractivity contribution in [3.63, 3.8) is 0 Å². The molecule has 0 aliphatic heterocycles. The van der Waals surface area contributed by atoms with Crippen LogP contribution >= 0.6 is 0 Å². The second kappa shape index (κ2) is 4.63. The van der Waals surface area contributed by atoms with Gasteiger partial charge in [-0.2, -0.15) is 5.10 Å². The van der Waals surface area contributed by atoms with Crippen molar-refractivity contribution in [3.8, 4) is 0 Å². The fraction of sp³-hybridized carbons (Fsp3) is 0.357. The highest BCUT2D eigenvalue weighted by Gasteiger charge is 2.17. The Kier molecular flexibility index (Phi) is 2.93. The quantitative estimate of drug-likeness (QED) is 0.785. The third kappa shape index (κ3) is 1.84. The van der Waals surface area contributed by atoms with E-state index in [0.29, 0.717) is 12.5 Å². The van der Waals surface area contributed by atoms with E-state index in [-0.39, 0.29) is 0 Å². The van der Waals surface area contributed by atoms with Gasteiger partial charge in [0.15, 0.2) is 5.65 Å². The average molecular weight is 270 g/mol. The van der Waals surface area contributed by atoms with Crippen molar-refractivity contribution >= 4 is 17.1 Å². The second-order valence-electron chi connectivity index (χ2n) is 4.95. The van der Waals surface area contributed by atoms with Crippen LogP contribution in [0.15, 0.2) is 18.5 Å². The molecule has 0 bridgehead atoms. The number of hydrogen-bond acceptors (Lipinski definition) is 4. The molecule has 2 N–H and O–H groups in total. The third-order valence-corrected chi connectivity index (χ3v) is 3.63. The molecular weight excluding hydrogens is 252 g/mol. The number of nitrogens with two attached hydrogens (primary N) is 1. The SMILES string of the molecule is CCc1nn(C)c2c1nc(N)n2Cc1cnccc1C. The minimum absolute atomic E-state index is 0.519. The molecular formula is C14H18N6. The van der Waals surface area contributed by atoms with E-state index in [1.807, 2.05) is 28.6 Å². The normalized spacial score (nSPS) is 11.3. The summed E-state index contributed by atoms with van der Waals surface area (Å²) >= 11 is 0. The standard InChI is InChI=1S/C14H18N6/c1-4-11-12-13(19(3)18-11)20(14(15)17-12)8-10-7-16-6-5-9(10)2/h5-7H,4,8H2,1-3H3,(H2,15,17). The first-order chi connectivity index (χ1) is 9.61. The highest BCUT2D eigenvalue weighted by atomic mass is 15.3. The van der Waals surface area contributed by atoms with E-state index in [1.54, 1.807) is 6.20 Å². The molecule has 0 saturated carbocycles. The summed E-state index contributed by atoms with van der Waals surface area (Å²) in [5.74, 6) is 0.519. The van der Waals surface area contributed by atoms with Crippen LogP contribution in [0.25, 0.3) is 11.2 Å². The molecule has 0 fully saturated rings. The summed E-state index contributed by atoms with van der Waals surface area (Å²) < 4.78 is 3.84. The number of rotatable bonds is 3. The van der Waals surface area contributed by atoms with Crippen LogP contribution in [-0.4, -0.2) is 24.3 Å². The molecule has 3 heterocycles. The monoisotopic (exact) mass is 270 g/mol. The summed E-state index contributed by atoms with van der Waals surface area (Å²) in [6.45, 7) is 4.80. The highest BCUT2D eigenvalue weighted by molar-refractivity contribution is 5.77. The average Bonchev–Trinajstić information content (AvgIpc) is 2.91. The zero-order valence-electron chi connectivity index (χ0n) is 12.0. The van der Waals surface area contributed by atoms with Gasteiger partial charge in [-0.05, 0) is 30.5 Å². The Morgan fingerprint density at radius 1 is 1.35 bits per heavy atom. The number of aryl methyl sites for hydroxylation is 3. The molecule has 3 rings (SSSR count). The van der Waals surface area contributed by atoms with E-state index < -0.39 is 0 Å². The molecule has 3 aromatic rings. The second-order valence-corrected chi connectivity index (χ2v) is 4.95. The number of imidazole rings is 1. The molecule has 0 amide bonds. The summed E-state index contributed by atoms with van der Waals surface area (Å²) in [6, 6.07) is 2.00. The van der Waals surface area contributed by atoms with Gasteiger partial charge in [-0.25, -0.2) is 4.98 Å². The first-order valence-electron chi connectivity index (χ1n) is 6.69. The molecule has 0 aromatic carbocycles. The van der Waals surface area contributed by atoms with Crippen LogP contribution in [0.2, 0.25) is 0 Å². The van der Waals surface area contributed by atoms with Crippen LogP contribution in [0, 0.1) is 6.92 Å². The minimum atomic E-state index is 0.519. The fourth-order valence-corrected chi connectivity index (χ4v) is 2.49. The maximum absolute atomic E-state index is 6.08. The van der Waals surface area contributed by atoms with Gasteiger partial charge in [0.2, 0.25) is 5.95 Å². The Morgan fingerprint density at radius 3 is 2.85 bits per heavy atom. The molecule has 6 nitrogen and oxygen atoms in total. The lowest BCUT2D eigenvalue weighted by molar-refractivity contribution is 0.717. The Labute approximate surface area is 117 Å². The lowest BCUT2D eigenvalue weighted by Gasteiger charge is -2.09. The molecule has 6 heteroatoms. The van der Waals surface area contributed by atoms with Crippen molar-refractivity contribution in [2.75, 3.05) is 5.73 Å². The molecule has 104 valence electrons. The van der Waals surface area contributed by atoms with Crippen LogP contribution in [-0.2, 0) is 20.0 Å². The Hall–Kier alpha value is -2.37. The lowest BCUT2D eigenvalue weighted by atomic mass is 10.1. The predicted octanol–water partition coefficient (Wildman–Crippen LogP) is 1.67. The van der Waals surface area contributed by atoms with Crippen molar-refractivity contribution in [1.82, 2.24) is 24.3 Å². The molecule has 0 saturated heterocycles. The zero-order valence-corrected chi connectivity index (χ0v) is 12.0. The summed E-state index contributed by atoms with van der Waals surface area (Å²) in [5, 5.41) is 4.50. The van der Waals surface area contributed by atoms with Crippen molar-refractivity contribution < 1.29 is 0 Å². The molecule has 0 spiro atoms. The number of hydrogen-bond donors (Lipinski definition) is 1. The van der Waals surface area contributed by atoms with E-state index in [4.69, 9.17) is 5.73 Å². The molecule has 0 unspecified atom stereocenters. The molecule has 0 atom stereocenters. The maximum atomic E-state index is 6.08. The van der Waals surface area contributed by atoms with E-state index in [2.05, 4.69) is 28.9 Å². The molecule has 20 heavy (non-hydrogen) atoms. The van der Waals surface area contributed by atoms with Gasteiger partial charge in [0, 0.05) is 19.4 Å². The van der Waals surface area contributed by atoms with Gasteiger partial charge in [-0.3, -0.25) is 14.2 Å². The maximum Gasteiger partial charge on any atom is 0.202 e. The van der Waals surface area contributed by atoms with Crippen LogP contribution in [0.1, 0.15) is 23.7 Å². The molecule has 0 aliphatic carbocycles. The summed E-state index contributed by atoms with van der Waals surface area (Å²) in [7, 11) is 1.93. The molecule has 0 aliphatic rings. The number of fused-ring (bicyclic) bond motifs is 1. The Morgan fingerprint density at radius 2 is 2.15 bits per heavy atom. The largest absolute Gasteiger partial charge is 0.369 e. The van der Waals surface area contributed by atoms with Gasteiger partial charge < -0.3 is 5.73 Å². The van der Waals surface area contributed by atoms with Crippen molar-refractivity contribution in [1.29, 1.82) is 0 Å². The lowest BCUT2D eigenvalue weighted by Crippen LogP contribution is -2.09. The fourth-order valence-electron chi connectivity index (χ4n) is 2.49. The van der Waals surface area contributed by atoms with Gasteiger partial charge >= 0.3 is 0 Å². The van der Waals surface area contributed by atoms with Crippen LogP contribution in [0.5, 0.6) is 0 Å². The predicted molar refractivity (Wildman–Crippen MR) is 78.4 cm³/mol. The summed E-state index contributed by atoms with van der Waals surface area (Å²) in [4.78, 5) is 8.65. The van der Waals surface area contributed by atoms with E-state index in [9.17, 15) is 0 Å². The third-order valence-electron chi connectivity index (χ3n) is 3.63. The van der Waals surface area contributed by atoms with Gasteiger partial charge in [0.25, 0.3) is 0 Å². The molecule has 0 radical (unpaired) electrons. The Balaban J connectivity index is 2.14. The van der Waals surface area contributed by atoms with Gasteiger partial charge in [0.1, 0.15) is 5.52 Å². The number of anilines is 1. The van der Waals surface area contributed by atoms with Gasteiger partial charge in [-0.15, -0.1) is 0 Å². The van der Waals surface area contributed by atoms with Gasteiger partial charge in [-0.1, -0.05) is 6.92 Å². The Bertz CT molecular complexity index is 767.